The molecule has 3 nitrogen and oxygen atoms in total. The number of aliphatic hydroxyl groups is 1. The zero-order valence-corrected chi connectivity index (χ0v) is 11.5. The lowest BCUT2D eigenvalue weighted by Gasteiger charge is -2.36. The van der Waals surface area contributed by atoms with Gasteiger partial charge in [-0.3, -0.25) is 4.90 Å². The van der Waals surface area contributed by atoms with Gasteiger partial charge >= 0.3 is 0 Å². The van der Waals surface area contributed by atoms with E-state index in [4.69, 9.17) is 5.11 Å². The summed E-state index contributed by atoms with van der Waals surface area (Å²) < 4.78 is 0. The summed E-state index contributed by atoms with van der Waals surface area (Å²) in [6.07, 6.45) is 6.96. The van der Waals surface area contributed by atoms with E-state index in [1.54, 1.807) is 0 Å². The monoisotopic (exact) mass is 256 g/mol. The Bertz CT molecular complexity index is 627. The molecule has 2 heterocycles. The number of rotatable bonds is 0. The van der Waals surface area contributed by atoms with Crippen molar-refractivity contribution in [2.75, 3.05) is 20.7 Å². The van der Waals surface area contributed by atoms with Gasteiger partial charge in [0.2, 0.25) is 0 Å². The van der Waals surface area contributed by atoms with Crippen molar-refractivity contribution in [1.82, 2.24) is 9.88 Å². The van der Waals surface area contributed by atoms with Crippen LogP contribution in [0.2, 0.25) is 0 Å². The lowest BCUT2D eigenvalue weighted by Crippen LogP contribution is -2.39. The first-order valence-electron chi connectivity index (χ1n) is 6.79. The SMILES string of the molecule is CN1CCC=C2c3cccc4[nH]cc(c34)CC21.CO. The molecule has 0 bridgehead atoms. The number of aromatic nitrogens is 1. The van der Waals surface area contributed by atoms with Gasteiger partial charge in [-0.2, -0.15) is 0 Å². The molecule has 0 fully saturated rings. The molecule has 3 heteroatoms. The Kier molecular flexibility index (Phi) is 3.17. The molecule has 1 atom stereocenters. The fourth-order valence-corrected chi connectivity index (χ4v) is 3.37. The van der Waals surface area contributed by atoms with E-state index in [2.05, 4.69) is 47.4 Å². The van der Waals surface area contributed by atoms with Crippen molar-refractivity contribution in [3.8, 4) is 0 Å². The fourth-order valence-electron chi connectivity index (χ4n) is 3.37. The zero-order chi connectivity index (χ0) is 13.4. The molecule has 4 rings (SSSR count). The molecule has 0 saturated carbocycles. The van der Waals surface area contributed by atoms with E-state index in [1.165, 1.54) is 40.6 Å². The van der Waals surface area contributed by atoms with Gasteiger partial charge in [0.05, 0.1) is 0 Å². The summed E-state index contributed by atoms with van der Waals surface area (Å²) in [6.45, 7) is 1.18. The van der Waals surface area contributed by atoms with Crippen LogP contribution in [-0.2, 0) is 6.42 Å². The highest BCUT2D eigenvalue weighted by Crippen LogP contribution is 2.39. The maximum Gasteiger partial charge on any atom is 0.0462 e. The summed E-state index contributed by atoms with van der Waals surface area (Å²) in [4.78, 5) is 5.89. The smallest absolute Gasteiger partial charge is 0.0462 e. The van der Waals surface area contributed by atoms with Crippen LogP contribution in [0.15, 0.2) is 30.5 Å². The number of hydrogen-bond acceptors (Lipinski definition) is 2. The van der Waals surface area contributed by atoms with Gasteiger partial charge in [0, 0.05) is 36.8 Å². The average Bonchev–Trinajstić information content (AvgIpc) is 2.88. The maximum absolute atomic E-state index is 7.00. The van der Waals surface area contributed by atoms with Crippen LogP contribution in [0.25, 0.3) is 16.5 Å². The number of H-pyrrole nitrogens is 1. The molecule has 0 radical (unpaired) electrons. The van der Waals surface area contributed by atoms with Crippen LogP contribution < -0.4 is 0 Å². The number of fused-ring (bicyclic) bond motifs is 2. The highest BCUT2D eigenvalue weighted by Gasteiger charge is 2.30. The third-order valence-electron chi connectivity index (χ3n) is 4.25. The number of hydrogen-bond donors (Lipinski definition) is 2. The molecule has 19 heavy (non-hydrogen) atoms. The lowest BCUT2D eigenvalue weighted by atomic mass is 9.82. The van der Waals surface area contributed by atoms with E-state index in [1.807, 2.05) is 0 Å². The van der Waals surface area contributed by atoms with Gasteiger partial charge in [0.15, 0.2) is 0 Å². The zero-order valence-electron chi connectivity index (χ0n) is 11.5. The number of likely N-dealkylation sites (N-methyl/N-ethyl adjacent to an activating group) is 1. The van der Waals surface area contributed by atoms with E-state index in [0.29, 0.717) is 6.04 Å². The quantitative estimate of drug-likeness (QED) is 0.760. The van der Waals surface area contributed by atoms with Crippen LogP contribution in [0.1, 0.15) is 17.5 Å². The third-order valence-corrected chi connectivity index (χ3v) is 4.25. The summed E-state index contributed by atoms with van der Waals surface area (Å²) in [5.41, 5.74) is 5.74. The normalized spacial score (nSPS) is 21.4. The van der Waals surface area contributed by atoms with Crippen LogP contribution in [0, 0.1) is 0 Å². The van der Waals surface area contributed by atoms with Crippen molar-refractivity contribution in [2.24, 2.45) is 0 Å². The summed E-state index contributed by atoms with van der Waals surface area (Å²) in [5, 5.41) is 8.45. The summed E-state index contributed by atoms with van der Waals surface area (Å²) in [7, 11) is 3.25. The molecule has 0 saturated heterocycles. The Morgan fingerprint density at radius 2 is 2.16 bits per heavy atom. The van der Waals surface area contributed by atoms with Gasteiger partial charge in [-0.15, -0.1) is 0 Å². The first kappa shape index (κ1) is 12.5. The van der Waals surface area contributed by atoms with Gasteiger partial charge in [-0.1, -0.05) is 18.2 Å². The van der Waals surface area contributed by atoms with Gasteiger partial charge in [0.25, 0.3) is 0 Å². The van der Waals surface area contributed by atoms with E-state index < -0.39 is 0 Å². The van der Waals surface area contributed by atoms with Crippen LogP contribution in [0.5, 0.6) is 0 Å². The first-order valence-corrected chi connectivity index (χ1v) is 6.79. The minimum absolute atomic E-state index is 0.581. The topological polar surface area (TPSA) is 39.3 Å². The third kappa shape index (κ3) is 1.81. The van der Waals surface area contributed by atoms with Crippen molar-refractivity contribution < 1.29 is 5.11 Å². The number of benzene rings is 1. The van der Waals surface area contributed by atoms with Crippen molar-refractivity contribution in [2.45, 2.75) is 18.9 Å². The Balaban J connectivity index is 0.000000528. The molecule has 0 amide bonds. The molecule has 2 N–H and O–H groups in total. The molecule has 1 aliphatic carbocycles. The largest absolute Gasteiger partial charge is 0.400 e. The van der Waals surface area contributed by atoms with Crippen LogP contribution in [-0.4, -0.2) is 41.7 Å². The molecular weight excluding hydrogens is 236 g/mol. The minimum Gasteiger partial charge on any atom is -0.400 e. The lowest BCUT2D eigenvalue weighted by molar-refractivity contribution is 0.282. The van der Waals surface area contributed by atoms with Gasteiger partial charge in [-0.05, 0) is 42.7 Å². The van der Waals surface area contributed by atoms with Crippen molar-refractivity contribution in [1.29, 1.82) is 0 Å². The van der Waals surface area contributed by atoms with E-state index in [9.17, 15) is 0 Å². The molecule has 100 valence electrons. The number of aromatic amines is 1. The average molecular weight is 256 g/mol. The van der Waals surface area contributed by atoms with Crippen molar-refractivity contribution in [3.63, 3.8) is 0 Å². The fraction of sp³-hybridized carbons (Fsp3) is 0.375. The predicted octanol–water partition coefficient (Wildman–Crippen LogP) is 2.42. The van der Waals surface area contributed by atoms with Gasteiger partial charge in [-0.25, -0.2) is 0 Å². The minimum atomic E-state index is 0.581. The molecule has 1 aliphatic heterocycles. The molecule has 1 unspecified atom stereocenters. The summed E-state index contributed by atoms with van der Waals surface area (Å²) >= 11 is 0. The molecular formula is C16H20N2O. The van der Waals surface area contributed by atoms with Crippen LogP contribution in [0.3, 0.4) is 0 Å². The standard InChI is InChI=1S/C15H16N2.CH4O/c1-17-7-3-5-11-12-4-2-6-13-15(12)10(9-16-13)8-14(11)17;1-2/h2,4-6,9,14,16H,3,7-8H2,1H3;2H,1H3. The molecule has 1 aromatic carbocycles. The van der Waals surface area contributed by atoms with Gasteiger partial charge < -0.3 is 10.1 Å². The number of nitrogens with one attached hydrogen (secondary N) is 1. The first-order chi connectivity index (χ1) is 9.34. The molecule has 0 spiro atoms. The molecule has 2 aliphatic rings. The second kappa shape index (κ2) is 4.83. The maximum atomic E-state index is 7.00. The molecule has 2 aromatic rings. The van der Waals surface area contributed by atoms with E-state index in [0.717, 1.165) is 13.5 Å². The summed E-state index contributed by atoms with van der Waals surface area (Å²) in [6, 6.07) is 7.19. The van der Waals surface area contributed by atoms with E-state index in [-0.39, 0.29) is 0 Å². The van der Waals surface area contributed by atoms with Crippen LogP contribution >= 0.6 is 0 Å². The number of aliphatic hydroxyl groups excluding tert-OH is 1. The summed E-state index contributed by atoms with van der Waals surface area (Å²) in [5.74, 6) is 0. The van der Waals surface area contributed by atoms with E-state index >= 15 is 0 Å². The Labute approximate surface area is 113 Å². The second-order valence-corrected chi connectivity index (χ2v) is 5.19. The highest BCUT2D eigenvalue weighted by atomic mass is 16.2. The highest BCUT2D eigenvalue weighted by molar-refractivity contribution is 5.98. The van der Waals surface area contributed by atoms with Crippen LogP contribution in [0.4, 0.5) is 0 Å². The van der Waals surface area contributed by atoms with Gasteiger partial charge in [0.1, 0.15) is 0 Å². The number of nitrogens with zero attached hydrogens (tertiary/aromatic N) is 1. The Hall–Kier alpha value is -1.58. The van der Waals surface area contributed by atoms with Crippen molar-refractivity contribution >= 4 is 16.5 Å². The molecule has 1 aromatic heterocycles. The second-order valence-electron chi connectivity index (χ2n) is 5.19. The Morgan fingerprint density at radius 1 is 1.32 bits per heavy atom. The van der Waals surface area contributed by atoms with Crippen molar-refractivity contribution in [3.05, 3.63) is 41.6 Å². The predicted molar refractivity (Wildman–Crippen MR) is 79.2 cm³/mol. The Morgan fingerprint density at radius 3 is 3.00 bits per heavy atom.